The van der Waals surface area contributed by atoms with Gasteiger partial charge in [0, 0.05) is 11.5 Å². The lowest BCUT2D eigenvalue weighted by molar-refractivity contribution is -0.139. The maximum Gasteiger partial charge on any atom is 0.408 e. The summed E-state index contributed by atoms with van der Waals surface area (Å²) in [5.41, 5.74) is 4.53. The van der Waals surface area contributed by atoms with Gasteiger partial charge in [0.05, 0.1) is 21.3 Å². The fraction of sp³-hybridized carbons (Fsp3) is 0.231. The number of amides is 1. The van der Waals surface area contributed by atoms with Crippen molar-refractivity contribution < 1.29 is 33.6 Å². The van der Waals surface area contributed by atoms with Crippen molar-refractivity contribution in [2.45, 2.75) is 12.0 Å². The van der Waals surface area contributed by atoms with Gasteiger partial charge in [0.1, 0.15) is 6.61 Å². The topological polar surface area (TPSA) is 103 Å². The van der Waals surface area contributed by atoms with E-state index < -0.39 is 18.1 Å². The Bertz CT molecular complexity index is 1180. The molecule has 0 radical (unpaired) electrons. The Labute approximate surface area is 197 Å². The van der Waals surface area contributed by atoms with E-state index in [9.17, 15) is 14.7 Å². The van der Waals surface area contributed by atoms with Crippen LogP contribution in [0.15, 0.2) is 60.7 Å². The van der Waals surface area contributed by atoms with Crippen molar-refractivity contribution >= 4 is 12.1 Å². The highest BCUT2D eigenvalue weighted by atomic mass is 16.6. The molecule has 0 unspecified atom stereocenters. The van der Waals surface area contributed by atoms with Crippen LogP contribution in [0.25, 0.3) is 11.1 Å². The number of fused-ring (bicyclic) bond motifs is 3. The molecule has 4 rings (SSSR count). The van der Waals surface area contributed by atoms with Crippen molar-refractivity contribution in [2.24, 2.45) is 0 Å². The highest BCUT2D eigenvalue weighted by Crippen LogP contribution is 2.45. The Balaban J connectivity index is 1.54. The normalized spacial score (nSPS) is 12.8. The molecule has 1 aliphatic rings. The summed E-state index contributed by atoms with van der Waals surface area (Å²) >= 11 is 0. The van der Waals surface area contributed by atoms with E-state index in [2.05, 4.69) is 5.32 Å². The van der Waals surface area contributed by atoms with Crippen molar-refractivity contribution in [3.63, 3.8) is 0 Å². The number of rotatable bonds is 8. The van der Waals surface area contributed by atoms with Crippen LogP contribution in [0.4, 0.5) is 4.79 Å². The van der Waals surface area contributed by atoms with E-state index in [4.69, 9.17) is 18.9 Å². The lowest BCUT2D eigenvalue weighted by atomic mass is 9.98. The molecule has 0 spiro atoms. The second kappa shape index (κ2) is 9.74. The summed E-state index contributed by atoms with van der Waals surface area (Å²) in [6, 6.07) is 17.6. The van der Waals surface area contributed by atoms with E-state index >= 15 is 0 Å². The summed E-state index contributed by atoms with van der Waals surface area (Å²) in [6.45, 7) is 0.0647. The minimum Gasteiger partial charge on any atom is -0.493 e. The molecule has 0 aromatic heterocycles. The van der Waals surface area contributed by atoms with Crippen LogP contribution in [0.3, 0.4) is 0 Å². The summed E-state index contributed by atoms with van der Waals surface area (Å²) in [4.78, 5) is 24.7. The van der Waals surface area contributed by atoms with Crippen LogP contribution >= 0.6 is 0 Å². The molecule has 2 N–H and O–H groups in total. The number of nitrogens with one attached hydrogen (secondary N) is 1. The molecule has 3 aromatic rings. The minimum absolute atomic E-state index is 0.0647. The number of hydrogen-bond acceptors (Lipinski definition) is 6. The van der Waals surface area contributed by atoms with Gasteiger partial charge in [0.25, 0.3) is 0 Å². The van der Waals surface area contributed by atoms with Crippen molar-refractivity contribution in [1.82, 2.24) is 5.32 Å². The summed E-state index contributed by atoms with van der Waals surface area (Å²) in [5, 5.41) is 12.3. The van der Waals surface area contributed by atoms with Gasteiger partial charge in [-0.2, -0.15) is 0 Å². The van der Waals surface area contributed by atoms with Gasteiger partial charge >= 0.3 is 12.1 Å². The highest BCUT2D eigenvalue weighted by molar-refractivity contribution is 5.83. The third-order valence-corrected chi connectivity index (χ3v) is 5.90. The number of carbonyl (C=O) groups excluding carboxylic acids is 1. The molecular formula is C26H25NO7. The molecule has 1 aliphatic carbocycles. The monoisotopic (exact) mass is 463 g/mol. The number of ether oxygens (including phenoxy) is 4. The van der Waals surface area contributed by atoms with Crippen molar-refractivity contribution in [3.8, 4) is 28.4 Å². The molecule has 8 nitrogen and oxygen atoms in total. The van der Waals surface area contributed by atoms with E-state index in [0.29, 0.717) is 5.75 Å². The predicted octanol–water partition coefficient (Wildman–Crippen LogP) is 4.38. The number of alkyl carbamates (subject to hydrolysis) is 1. The van der Waals surface area contributed by atoms with Crippen LogP contribution in [0.1, 0.15) is 28.7 Å². The summed E-state index contributed by atoms with van der Waals surface area (Å²) in [7, 11) is 4.26. The Kier molecular flexibility index (Phi) is 6.58. The third kappa shape index (κ3) is 4.10. The average Bonchev–Trinajstić information content (AvgIpc) is 3.18. The maximum atomic E-state index is 12.7. The molecule has 0 fully saturated rings. The summed E-state index contributed by atoms with van der Waals surface area (Å²) in [6.07, 6.45) is -0.855. The van der Waals surface area contributed by atoms with E-state index in [-0.39, 0.29) is 29.6 Å². The molecule has 1 amide bonds. The van der Waals surface area contributed by atoms with Gasteiger partial charge in [-0.15, -0.1) is 0 Å². The van der Waals surface area contributed by atoms with Crippen LogP contribution < -0.4 is 19.5 Å². The first-order valence-electron chi connectivity index (χ1n) is 10.6. The number of aliphatic carboxylic acids is 1. The summed E-state index contributed by atoms with van der Waals surface area (Å²) in [5.74, 6) is -0.680. The lowest BCUT2D eigenvalue weighted by Gasteiger charge is -2.21. The van der Waals surface area contributed by atoms with Gasteiger partial charge in [0.2, 0.25) is 5.75 Å². The first-order valence-corrected chi connectivity index (χ1v) is 10.6. The molecule has 0 saturated heterocycles. The van der Waals surface area contributed by atoms with Crippen molar-refractivity contribution in [3.05, 3.63) is 77.4 Å². The van der Waals surface area contributed by atoms with Gasteiger partial charge in [-0.25, -0.2) is 9.59 Å². The van der Waals surface area contributed by atoms with E-state index in [1.165, 1.54) is 27.4 Å². The first-order chi connectivity index (χ1) is 16.5. The van der Waals surface area contributed by atoms with E-state index in [1.54, 1.807) is 6.07 Å². The minimum atomic E-state index is -1.43. The molecule has 176 valence electrons. The van der Waals surface area contributed by atoms with Gasteiger partial charge < -0.3 is 29.4 Å². The Morgan fingerprint density at radius 1 is 0.853 bits per heavy atom. The SMILES string of the molecule is COc1ccc([C@H](NC(=O)OCC2c3ccccc3-c3ccccc32)C(=O)O)c(OC)c1OC. The Morgan fingerprint density at radius 3 is 1.97 bits per heavy atom. The largest absolute Gasteiger partial charge is 0.493 e. The fourth-order valence-corrected chi connectivity index (χ4v) is 4.38. The highest BCUT2D eigenvalue weighted by Gasteiger charge is 2.32. The number of carboxylic acids is 1. The van der Waals surface area contributed by atoms with Crippen LogP contribution in [0.2, 0.25) is 0 Å². The molecular weight excluding hydrogens is 438 g/mol. The van der Waals surface area contributed by atoms with Gasteiger partial charge in [-0.3, -0.25) is 0 Å². The number of benzene rings is 3. The standard InChI is InChI=1S/C26H25NO7/c1-31-21-13-12-19(23(32-2)24(21)33-3)22(25(28)29)27-26(30)34-14-20-17-10-6-4-8-15(17)16-9-5-7-11-18(16)20/h4-13,20,22H,14H2,1-3H3,(H,27,30)(H,28,29)/t22-/m0/s1. The molecule has 0 bridgehead atoms. The fourth-order valence-electron chi connectivity index (χ4n) is 4.38. The number of carbonyl (C=O) groups is 2. The van der Waals surface area contributed by atoms with Gasteiger partial charge in [-0.1, -0.05) is 48.5 Å². The van der Waals surface area contributed by atoms with E-state index in [1.807, 2.05) is 48.5 Å². The first kappa shape index (κ1) is 23.0. The van der Waals surface area contributed by atoms with Crippen molar-refractivity contribution in [1.29, 1.82) is 0 Å². The third-order valence-electron chi connectivity index (χ3n) is 5.90. The smallest absolute Gasteiger partial charge is 0.408 e. The number of carboxylic acid groups (broad SMARTS) is 1. The molecule has 3 aromatic carbocycles. The summed E-state index contributed by atoms with van der Waals surface area (Å²) < 4.78 is 21.5. The molecule has 0 heterocycles. The van der Waals surface area contributed by atoms with Gasteiger partial charge in [-0.05, 0) is 34.4 Å². The van der Waals surface area contributed by atoms with Gasteiger partial charge in [0.15, 0.2) is 17.5 Å². The maximum absolute atomic E-state index is 12.7. The lowest BCUT2D eigenvalue weighted by Crippen LogP contribution is -2.35. The second-order valence-electron chi connectivity index (χ2n) is 7.66. The van der Waals surface area contributed by atoms with Crippen LogP contribution in [0.5, 0.6) is 17.2 Å². The molecule has 0 aliphatic heterocycles. The average molecular weight is 463 g/mol. The molecule has 1 atom stereocenters. The Morgan fingerprint density at radius 2 is 1.44 bits per heavy atom. The predicted molar refractivity (Wildman–Crippen MR) is 125 cm³/mol. The zero-order valence-electron chi connectivity index (χ0n) is 19.0. The van der Waals surface area contributed by atoms with E-state index in [0.717, 1.165) is 22.3 Å². The number of methoxy groups -OCH3 is 3. The zero-order valence-corrected chi connectivity index (χ0v) is 19.0. The Hall–Kier alpha value is -4.20. The van der Waals surface area contributed by atoms with Crippen molar-refractivity contribution in [2.75, 3.05) is 27.9 Å². The van der Waals surface area contributed by atoms with Crippen LogP contribution in [-0.2, 0) is 9.53 Å². The molecule has 0 saturated carbocycles. The quantitative estimate of drug-likeness (QED) is 0.511. The van der Waals surface area contributed by atoms with Crippen LogP contribution in [-0.4, -0.2) is 45.1 Å². The van der Waals surface area contributed by atoms with Crippen LogP contribution in [0, 0.1) is 0 Å². The molecule has 34 heavy (non-hydrogen) atoms. The second-order valence-corrected chi connectivity index (χ2v) is 7.66. The molecule has 8 heteroatoms. The number of hydrogen-bond donors (Lipinski definition) is 2. The zero-order chi connectivity index (χ0) is 24.2.